The van der Waals surface area contributed by atoms with Crippen molar-refractivity contribution in [3.63, 3.8) is 0 Å². The number of rotatable bonds is 7. The molecule has 148 valence electrons. The molecule has 0 heterocycles. The van der Waals surface area contributed by atoms with Crippen LogP contribution in [0.3, 0.4) is 0 Å². The summed E-state index contributed by atoms with van der Waals surface area (Å²) in [5, 5.41) is 11.2. The molecule has 0 saturated carbocycles. The molecule has 9 heteroatoms. The number of sulfonamides is 1. The Hall–Kier alpha value is -2.83. The molecule has 0 saturated heterocycles. The van der Waals surface area contributed by atoms with E-state index in [0.29, 0.717) is 0 Å². The second-order valence-corrected chi connectivity index (χ2v) is 7.74. The molecule has 0 bridgehead atoms. The van der Waals surface area contributed by atoms with E-state index in [1.165, 1.54) is 12.1 Å². The van der Waals surface area contributed by atoms with E-state index in [0.717, 1.165) is 28.6 Å². The van der Waals surface area contributed by atoms with Crippen LogP contribution < -0.4 is 5.32 Å². The van der Waals surface area contributed by atoms with Crippen LogP contribution in [-0.2, 0) is 16.6 Å². The van der Waals surface area contributed by atoms with E-state index in [4.69, 9.17) is 5.26 Å². The molecule has 2 aromatic carbocycles. The van der Waals surface area contributed by atoms with E-state index in [-0.39, 0.29) is 36.3 Å². The van der Waals surface area contributed by atoms with Crippen LogP contribution in [0.25, 0.3) is 0 Å². The zero-order chi connectivity index (χ0) is 20.9. The van der Waals surface area contributed by atoms with Crippen molar-refractivity contribution in [1.29, 1.82) is 5.26 Å². The summed E-state index contributed by atoms with van der Waals surface area (Å²) in [6.45, 7) is 3.40. The van der Waals surface area contributed by atoms with Crippen molar-refractivity contribution in [3.05, 3.63) is 64.7 Å². The zero-order valence-corrected chi connectivity index (χ0v) is 16.2. The molecule has 0 aliphatic carbocycles. The molecular formula is C19H19F2N3O3S. The maximum atomic E-state index is 14.1. The number of nitriles is 1. The van der Waals surface area contributed by atoms with Crippen molar-refractivity contribution in [2.24, 2.45) is 0 Å². The van der Waals surface area contributed by atoms with Crippen LogP contribution in [0.5, 0.6) is 0 Å². The van der Waals surface area contributed by atoms with Crippen molar-refractivity contribution < 1.29 is 22.0 Å². The molecule has 0 atom stereocenters. The van der Waals surface area contributed by atoms with E-state index in [9.17, 15) is 22.0 Å². The molecular weight excluding hydrogens is 388 g/mol. The Balaban J connectivity index is 2.24. The molecule has 1 N–H and O–H groups in total. The number of carbonyl (C=O) groups is 1. The topological polar surface area (TPSA) is 90.3 Å². The molecule has 0 fully saturated rings. The number of amides is 1. The molecule has 0 aliphatic heterocycles. The molecule has 0 aromatic heterocycles. The number of halogens is 2. The highest BCUT2D eigenvalue weighted by atomic mass is 32.2. The number of carbonyl (C=O) groups excluding carboxylic acids is 1. The lowest BCUT2D eigenvalue weighted by Crippen LogP contribution is -2.31. The van der Waals surface area contributed by atoms with Crippen LogP contribution in [-0.4, -0.2) is 31.7 Å². The van der Waals surface area contributed by atoms with Gasteiger partial charge in [0.05, 0.1) is 11.6 Å². The van der Waals surface area contributed by atoms with Gasteiger partial charge in [0.25, 0.3) is 5.91 Å². The second-order valence-electron chi connectivity index (χ2n) is 5.84. The van der Waals surface area contributed by atoms with E-state index in [1.807, 2.05) is 0 Å². The minimum Gasteiger partial charge on any atom is -0.348 e. The molecule has 1 amide bonds. The predicted molar refractivity (Wildman–Crippen MR) is 98.8 cm³/mol. The Labute approximate surface area is 162 Å². The Morgan fingerprint density at radius 1 is 1.11 bits per heavy atom. The summed E-state index contributed by atoms with van der Waals surface area (Å²) in [6, 6.07) is 8.67. The Morgan fingerprint density at radius 3 is 2.36 bits per heavy atom. The van der Waals surface area contributed by atoms with Gasteiger partial charge < -0.3 is 5.32 Å². The number of hydrogen-bond donors (Lipinski definition) is 1. The highest BCUT2D eigenvalue weighted by Crippen LogP contribution is 2.21. The van der Waals surface area contributed by atoms with E-state index < -0.39 is 32.5 Å². The third kappa shape index (κ3) is 4.52. The van der Waals surface area contributed by atoms with Gasteiger partial charge in [-0.3, -0.25) is 4.79 Å². The van der Waals surface area contributed by atoms with Crippen molar-refractivity contribution in [3.8, 4) is 6.07 Å². The van der Waals surface area contributed by atoms with Gasteiger partial charge in [-0.05, 0) is 30.3 Å². The average molecular weight is 407 g/mol. The zero-order valence-electron chi connectivity index (χ0n) is 15.4. The van der Waals surface area contributed by atoms with Gasteiger partial charge in [0, 0.05) is 30.8 Å². The smallest absolute Gasteiger partial charge is 0.251 e. The first kappa shape index (κ1) is 21.5. The van der Waals surface area contributed by atoms with Crippen molar-refractivity contribution in [1.82, 2.24) is 9.62 Å². The lowest BCUT2D eigenvalue weighted by Gasteiger charge is -2.19. The highest BCUT2D eigenvalue weighted by Gasteiger charge is 2.26. The van der Waals surface area contributed by atoms with E-state index >= 15 is 0 Å². The van der Waals surface area contributed by atoms with Crippen LogP contribution in [0, 0.1) is 23.0 Å². The monoisotopic (exact) mass is 407 g/mol. The van der Waals surface area contributed by atoms with Gasteiger partial charge in [0.1, 0.15) is 16.5 Å². The lowest BCUT2D eigenvalue weighted by molar-refractivity contribution is 0.0950. The van der Waals surface area contributed by atoms with E-state index in [2.05, 4.69) is 5.32 Å². The fraction of sp³-hybridized carbons (Fsp3) is 0.263. The summed E-state index contributed by atoms with van der Waals surface area (Å²) >= 11 is 0. The fourth-order valence-corrected chi connectivity index (χ4v) is 4.13. The van der Waals surface area contributed by atoms with Crippen LogP contribution in [0.2, 0.25) is 0 Å². The summed E-state index contributed by atoms with van der Waals surface area (Å²) in [4.78, 5) is 11.7. The Kier molecular flexibility index (Phi) is 6.83. The average Bonchev–Trinajstić information content (AvgIpc) is 2.67. The third-order valence-corrected chi connectivity index (χ3v) is 6.20. The quantitative estimate of drug-likeness (QED) is 0.764. The number of nitrogens with one attached hydrogen (secondary N) is 1. The van der Waals surface area contributed by atoms with Gasteiger partial charge >= 0.3 is 0 Å². The molecule has 0 unspecified atom stereocenters. The van der Waals surface area contributed by atoms with E-state index in [1.54, 1.807) is 19.9 Å². The van der Waals surface area contributed by atoms with Gasteiger partial charge in [-0.1, -0.05) is 19.9 Å². The first-order chi connectivity index (χ1) is 13.2. The van der Waals surface area contributed by atoms with Gasteiger partial charge in [-0.15, -0.1) is 0 Å². The minimum atomic E-state index is -4.08. The number of hydrogen-bond acceptors (Lipinski definition) is 4. The van der Waals surface area contributed by atoms with Gasteiger partial charge in [0.15, 0.2) is 0 Å². The normalized spacial score (nSPS) is 11.3. The fourth-order valence-electron chi connectivity index (χ4n) is 2.58. The van der Waals surface area contributed by atoms with Gasteiger partial charge in [-0.25, -0.2) is 17.2 Å². The molecule has 28 heavy (non-hydrogen) atoms. The Bertz CT molecular complexity index is 1030. The van der Waals surface area contributed by atoms with Crippen LogP contribution >= 0.6 is 0 Å². The largest absolute Gasteiger partial charge is 0.348 e. The summed E-state index contributed by atoms with van der Waals surface area (Å²) in [6.07, 6.45) is 0. The molecule has 6 nitrogen and oxygen atoms in total. The molecule has 0 spiro atoms. The highest BCUT2D eigenvalue weighted by molar-refractivity contribution is 7.89. The first-order valence-corrected chi connectivity index (χ1v) is 9.95. The second kappa shape index (κ2) is 8.91. The predicted octanol–water partition coefficient (Wildman–Crippen LogP) is 2.80. The van der Waals surface area contributed by atoms with Gasteiger partial charge in [0.2, 0.25) is 10.0 Å². The first-order valence-electron chi connectivity index (χ1n) is 8.51. The maximum Gasteiger partial charge on any atom is 0.251 e. The minimum absolute atomic E-state index is 0.0683. The Morgan fingerprint density at radius 2 is 1.79 bits per heavy atom. The number of nitrogens with zero attached hydrogens (tertiary/aromatic N) is 2. The molecule has 2 aromatic rings. The SMILES string of the molecule is CCN(CC)S(=O)(=O)c1cc(C(=O)NCc2ccc(C#N)cc2F)ccc1F. The third-order valence-electron chi connectivity index (χ3n) is 4.14. The maximum absolute atomic E-state index is 14.1. The standard InChI is InChI=1S/C19H19F2N3O3S/c1-3-24(4-2)28(26,27)18-10-14(7-8-16(18)20)19(25)23-12-15-6-5-13(11-22)9-17(15)21/h5-10H,3-4,12H2,1-2H3,(H,23,25). The van der Waals surface area contributed by atoms with Crippen LogP contribution in [0.1, 0.15) is 35.3 Å². The molecule has 0 radical (unpaired) electrons. The summed E-state index contributed by atoms with van der Waals surface area (Å²) in [5.41, 5.74) is 0.240. The van der Waals surface area contributed by atoms with Crippen LogP contribution in [0.15, 0.2) is 41.3 Å². The molecule has 0 aliphatic rings. The van der Waals surface area contributed by atoms with Crippen molar-refractivity contribution >= 4 is 15.9 Å². The lowest BCUT2D eigenvalue weighted by atomic mass is 10.1. The molecule has 2 rings (SSSR count). The van der Waals surface area contributed by atoms with Crippen LogP contribution in [0.4, 0.5) is 8.78 Å². The summed E-state index contributed by atoms with van der Waals surface area (Å²) in [7, 11) is -4.08. The van der Waals surface area contributed by atoms with Crippen molar-refractivity contribution in [2.45, 2.75) is 25.3 Å². The number of benzene rings is 2. The summed E-state index contributed by atoms with van der Waals surface area (Å²) < 4.78 is 54.2. The van der Waals surface area contributed by atoms with Gasteiger partial charge in [-0.2, -0.15) is 9.57 Å². The summed E-state index contributed by atoms with van der Waals surface area (Å²) in [5.74, 6) is -2.29. The van der Waals surface area contributed by atoms with Crippen molar-refractivity contribution in [2.75, 3.05) is 13.1 Å².